The highest BCUT2D eigenvalue weighted by Crippen LogP contribution is 2.13. The molecule has 0 bridgehead atoms. The van der Waals surface area contributed by atoms with Crippen LogP contribution in [-0.2, 0) is 6.54 Å². The average molecular weight is 220 g/mol. The van der Waals surface area contributed by atoms with Crippen molar-refractivity contribution in [2.45, 2.75) is 25.4 Å². The van der Waals surface area contributed by atoms with E-state index in [4.69, 9.17) is 0 Å². The quantitative estimate of drug-likeness (QED) is 0.808. The van der Waals surface area contributed by atoms with Gasteiger partial charge in [0.2, 0.25) is 0 Å². The van der Waals surface area contributed by atoms with Gasteiger partial charge in [-0.2, -0.15) is 5.10 Å². The molecule has 1 aromatic rings. The molecule has 0 spiro atoms. The molecule has 4 nitrogen and oxygen atoms in total. The van der Waals surface area contributed by atoms with E-state index in [1.54, 1.807) is 10.9 Å². The zero-order chi connectivity index (χ0) is 11.4. The van der Waals surface area contributed by atoms with Crippen LogP contribution in [0.25, 0.3) is 6.20 Å². The second-order valence-corrected chi connectivity index (χ2v) is 4.42. The Morgan fingerprint density at radius 1 is 1.69 bits per heavy atom. The van der Waals surface area contributed by atoms with E-state index < -0.39 is 0 Å². The molecule has 2 rings (SSSR count). The zero-order valence-electron chi connectivity index (χ0n) is 9.89. The van der Waals surface area contributed by atoms with Gasteiger partial charge >= 0.3 is 0 Å². The Labute approximate surface area is 96.9 Å². The Kier molecular flexibility index (Phi) is 3.74. The monoisotopic (exact) mass is 220 g/mol. The third-order valence-corrected chi connectivity index (χ3v) is 3.22. The minimum absolute atomic E-state index is 0.703. The van der Waals surface area contributed by atoms with E-state index in [9.17, 15) is 0 Å². The summed E-state index contributed by atoms with van der Waals surface area (Å²) in [5, 5.41) is 7.63. The van der Waals surface area contributed by atoms with Gasteiger partial charge in [-0.1, -0.05) is 6.58 Å². The summed E-state index contributed by atoms with van der Waals surface area (Å²) in [5.41, 5.74) is 1.21. The number of hydrogen-bond donors (Lipinski definition) is 1. The Morgan fingerprint density at radius 2 is 2.56 bits per heavy atom. The summed E-state index contributed by atoms with van der Waals surface area (Å²) in [6.07, 6.45) is 8.23. The van der Waals surface area contributed by atoms with E-state index >= 15 is 0 Å². The molecule has 1 saturated heterocycles. The van der Waals surface area contributed by atoms with Crippen molar-refractivity contribution < 1.29 is 0 Å². The van der Waals surface area contributed by atoms with Gasteiger partial charge in [0.15, 0.2) is 0 Å². The number of likely N-dealkylation sites (N-methyl/N-ethyl adjacent to an activating group) is 1. The van der Waals surface area contributed by atoms with Gasteiger partial charge in [-0.3, -0.25) is 0 Å². The smallest absolute Gasteiger partial charge is 0.0538 e. The van der Waals surface area contributed by atoms with Crippen molar-refractivity contribution in [3.63, 3.8) is 0 Å². The van der Waals surface area contributed by atoms with Gasteiger partial charge < -0.3 is 10.2 Å². The van der Waals surface area contributed by atoms with E-state index in [0.717, 1.165) is 13.1 Å². The maximum Gasteiger partial charge on any atom is 0.0538 e. The first-order valence-electron chi connectivity index (χ1n) is 5.86. The van der Waals surface area contributed by atoms with Crippen molar-refractivity contribution in [3.05, 3.63) is 24.5 Å². The van der Waals surface area contributed by atoms with Crippen LogP contribution in [0, 0.1) is 0 Å². The molecule has 1 aromatic heterocycles. The molecular formula is C12H20N4. The normalized spacial score (nSPS) is 21.4. The number of aromatic nitrogens is 2. The molecule has 0 radical (unpaired) electrons. The lowest BCUT2D eigenvalue weighted by Crippen LogP contribution is -2.35. The van der Waals surface area contributed by atoms with Crippen LogP contribution in [0.4, 0.5) is 0 Å². The number of nitrogens with zero attached hydrogens (tertiary/aromatic N) is 3. The molecule has 16 heavy (non-hydrogen) atoms. The molecule has 0 aromatic carbocycles. The van der Waals surface area contributed by atoms with Crippen LogP contribution in [-0.4, -0.2) is 40.9 Å². The Bertz CT molecular complexity index is 345. The van der Waals surface area contributed by atoms with Crippen molar-refractivity contribution in [2.24, 2.45) is 0 Å². The van der Waals surface area contributed by atoms with Crippen molar-refractivity contribution in [1.82, 2.24) is 20.0 Å². The lowest BCUT2D eigenvalue weighted by molar-refractivity contribution is 0.300. The second kappa shape index (κ2) is 5.27. The molecule has 1 fully saturated rings. The summed E-state index contributed by atoms with van der Waals surface area (Å²) in [6.45, 7) is 6.86. The van der Waals surface area contributed by atoms with Gasteiger partial charge in [-0.15, -0.1) is 0 Å². The average Bonchev–Trinajstić information content (AvgIpc) is 2.89. The maximum atomic E-state index is 4.15. The van der Waals surface area contributed by atoms with Gasteiger partial charge in [0.1, 0.15) is 0 Å². The predicted molar refractivity (Wildman–Crippen MR) is 66.0 cm³/mol. The highest BCUT2D eigenvalue weighted by atomic mass is 15.2. The summed E-state index contributed by atoms with van der Waals surface area (Å²) in [5.74, 6) is 0. The molecule has 0 saturated carbocycles. The highest BCUT2D eigenvalue weighted by Gasteiger charge is 2.19. The molecule has 1 aliphatic heterocycles. The molecule has 0 amide bonds. The minimum Gasteiger partial charge on any atom is -0.311 e. The van der Waals surface area contributed by atoms with Gasteiger partial charge in [0.05, 0.1) is 6.20 Å². The molecule has 1 aliphatic rings. The summed E-state index contributed by atoms with van der Waals surface area (Å²) in [7, 11) is 2.20. The fourth-order valence-corrected chi connectivity index (χ4v) is 2.19. The maximum absolute atomic E-state index is 4.15. The van der Waals surface area contributed by atoms with E-state index in [0.29, 0.717) is 6.04 Å². The van der Waals surface area contributed by atoms with Crippen molar-refractivity contribution >= 4 is 6.20 Å². The first-order valence-corrected chi connectivity index (χ1v) is 5.86. The number of hydrogen-bond acceptors (Lipinski definition) is 3. The topological polar surface area (TPSA) is 33.1 Å². The molecule has 1 N–H and O–H groups in total. The lowest BCUT2D eigenvalue weighted by atomic mass is 10.2. The molecule has 1 unspecified atom stereocenters. The number of likely N-dealkylation sites (tertiary alicyclic amines) is 1. The van der Waals surface area contributed by atoms with E-state index in [1.807, 2.05) is 12.4 Å². The molecule has 1 atom stereocenters. The molecular weight excluding hydrogens is 200 g/mol. The van der Waals surface area contributed by atoms with Crippen LogP contribution in [0.3, 0.4) is 0 Å². The van der Waals surface area contributed by atoms with E-state index in [-0.39, 0.29) is 0 Å². The zero-order valence-corrected chi connectivity index (χ0v) is 9.89. The lowest BCUT2D eigenvalue weighted by Gasteiger charge is -2.19. The van der Waals surface area contributed by atoms with Crippen LogP contribution in [0.5, 0.6) is 0 Å². The van der Waals surface area contributed by atoms with Crippen LogP contribution in [0.15, 0.2) is 19.0 Å². The van der Waals surface area contributed by atoms with Gasteiger partial charge in [0.25, 0.3) is 0 Å². The third kappa shape index (κ3) is 2.71. The number of nitrogens with one attached hydrogen (secondary N) is 1. The van der Waals surface area contributed by atoms with Crippen molar-refractivity contribution in [1.29, 1.82) is 0 Å². The van der Waals surface area contributed by atoms with Crippen molar-refractivity contribution in [2.75, 3.05) is 20.1 Å². The molecule has 4 heteroatoms. The highest BCUT2D eigenvalue weighted by molar-refractivity contribution is 5.17. The second-order valence-electron chi connectivity index (χ2n) is 4.42. The van der Waals surface area contributed by atoms with Gasteiger partial charge in [-0.25, -0.2) is 4.68 Å². The Balaban J connectivity index is 1.73. The van der Waals surface area contributed by atoms with E-state index in [2.05, 4.69) is 28.9 Å². The molecule has 88 valence electrons. The summed E-state index contributed by atoms with van der Waals surface area (Å²) in [4.78, 5) is 2.43. The van der Waals surface area contributed by atoms with Gasteiger partial charge in [-0.05, 0) is 26.4 Å². The first-order chi connectivity index (χ1) is 7.79. The fourth-order valence-electron chi connectivity index (χ4n) is 2.19. The third-order valence-electron chi connectivity index (χ3n) is 3.22. The summed E-state index contributed by atoms with van der Waals surface area (Å²) in [6, 6.07) is 0.703. The van der Waals surface area contributed by atoms with Crippen molar-refractivity contribution in [3.8, 4) is 0 Å². The van der Waals surface area contributed by atoms with Crippen LogP contribution in [0.1, 0.15) is 18.4 Å². The summed E-state index contributed by atoms with van der Waals surface area (Å²) >= 11 is 0. The Morgan fingerprint density at radius 3 is 3.19 bits per heavy atom. The first kappa shape index (κ1) is 11.4. The number of rotatable bonds is 5. The van der Waals surface area contributed by atoms with Crippen LogP contribution in [0.2, 0.25) is 0 Å². The van der Waals surface area contributed by atoms with Gasteiger partial charge in [0, 0.05) is 37.1 Å². The standard InChI is InChI=1S/C12H20N4/c1-3-16-10-11(8-14-16)7-13-9-12-5-4-6-15(12)2/h3,8,10,12-13H,1,4-7,9H2,2H3. The summed E-state index contributed by atoms with van der Waals surface area (Å²) < 4.78 is 1.73. The predicted octanol–water partition coefficient (Wildman–Crippen LogP) is 1.17. The van der Waals surface area contributed by atoms with Crippen LogP contribution >= 0.6 is 0 Å². The molecule has 0 aliphatic carbocycles. The largest absolute Gasteiger partial charge is 0.311 e. The minimum atomic E-state index is 0.703. The Hall–Kier alpha value is -1.13. The van der Waals surface area contributed by atoms with E-state index in [1.165, 1.54) is 24.9 Å². The molecule has 2 heterocycles. The fraction of sp³-hybridized carbons (Fsp3) is 0.583. The SMILES string of the molecule is C=Cn1cc(CNCC2CCCN2C)cn1. The van der Waals surface area contributed by atoms with Crippen LogP contribution < -0.4 is 5.32 Å².